The van der Waals surface area contributed by atoms with Crippen molar-refractivity contribution in [3.05, 3.63) is 125 Å². The first kappa shape index (κ1) is 21.9. The third-order valence-electron chi connectivity index (χ3n) is 6.82. The van der Waals surface area contributed by atoms with E-state index in [1.807, 2.05) is 6.07 Å². The maximum atomic E-state index is 5.11. The molecule has 0 bridgehead atoms. The zero-order valence-electron chi connectivity index (χ0n) is 20.3. The van der Waals surface area contributed by atoms with Gasteiger partial charge in [0.1, 0.15) is 0 Å². The molecule has 1 heteroatoms. The van der Waals surface area contributed by atoms with Crippen LogP contribution in [0.4, 0.5) is 0 Å². The summed E-state index contributed by atoms with van der Waals surface area (Å²) in [5.74, 6) is 0. The number of hydrogen-bond acceptors (Lipinski definition) is 1. The quantitative estimate of drug-likeness (QED) is 0.272. The molecule has 0 N–H and O–H groups in total. The molecule has 5 rings (SSSR count). The van der Waals surface area contributed by atoms with Crippen molar-refractivity contribution in [1.29, 1.82) is 0 Å². The van der Waals surface area contributed by atoms with Gasteiger partial charge < -0.3 is 0 Å². The summed E-state index contributed by atoms with van der Waals surface area (Å²) >= 11 is 0. The predicted molar refractivity (Wildman–Crippen MR) is 145 cm³/mol. The number of aryl methyl sites for hydroxylation is 2. The smallest absolute Gasteiger partial charge is 0.0715 e. The van der Waals surface area contributed by atoms with Gasteiger partial charge in [0.15, 0.2) is 0 Å². The van der Waals surface area contributed by atoms with Gasteiger partial charge in [0.05, 0.1) is 11.4 Å². The zero-order chi connectivity index (χ0) is 23.7. The number of benzene rings is 4. The monoisotopic (exact) mass is 439 g/mol. The van der Waals surface area contributed by atoms with Crippen LogP contribution in [0.2, 0.25) is 0 Å². The summed E-state index contributed by atoms with van der Waals surface area (Å²) in [6, 6.07) is 36.5. The minimum atomic E-state index is 0.987. The summed E-state index contributed by atoms with van der Waals surface area (Å²) < 4.78 is 0. The van der Waals surface area contributed by atoms with Crippen LogP contribution in [0.15, 0.2) is 103 Å². The van der Waals surface area contributed by atoms with Crippen molar-refractivity contribution in [2.45, 2.75) is 27.7 Å². The third kappa shape index (κ3) is 4.18. The molecule has 4 aromatic carbocycles. The second-order valence-corrected chi connectivity index (χ2v) is 9.07. The van der Waals surface area contributed by atoms with Gasteiger partial charge in [-0.3, -0.25) is 0 Å². The number of aromatic nitrogens is 1. The van der Waals surface area contributed by atoms with Gasteiger partial charge in [0.2, 0.25) is 0 Å². The molecule has 0 fully saturated rings. The Hall–Kier alpha value is -3.97. The highest BCUT2D eigenvalue weighted by Crippen LogP contribution is 2.35. The van der Waals surface area contributed by atoms with Crippen molar-refractivity contribution < 1.29 is 0 Å². The molecule has 0 aliphatic heterocycles. The Bertz CT molecular complexity index is 1380. The van der Waals surface area contributed by atoms with Crippen molar-refractivity contribution >= 4 is 0 Å². The van der Waals surface area contributed by atoms with Gasteiger partial charge in [-0.25, -0.2) is 4.98 Å². The standard InChI is InChI=1S/C33H29N/c1-22-18-23(2)25(4)33(24(22)3)29-17-11-16-28(19-29)32-21-30(26-12-7-5-8-13-26)20-31(34-32)27-14-9-6-10-15-27/h5-21H,1-4H3. The second kappa shape index (κ2) is 9.11. The maximum absolute atomic E-state index is 5.11. The van der Waals surface area contributed by atoms with E-state index in [9.17, 15) is 0 Å². The van der Waals surface area contributed by atoms with Crippen LogP contribution in [0.1, 0.15) is 22.3 Å². The first-order chi connectivity index (χ1) is 16.5. The van der Waals surface area contributed by atoms with E-state index in [1.54, 1.807) is 0 Å². The van der Waals surface area contributed by atoms with Crippen LogP contribution in [0.3, 0.4) is 0 Å². The van der Waals surface area contributed by atoms with Crippen LogP contribution < -0.4 is 0 Å². The highest BCUT2D eigenvalue weighted by atomic mass is 14.7. The average Bonchev–Trinajstić information content (AvgIpc) is 2.89. The highest BCUT2D eigenvalue weighted by Gasteiger charge is 2.13. The van der Waals surface area contributed by atoms with Crippen molar-refractivity contribution in [1.82, 2.24) is 4.98 Å². The van der Waals surface area contributed by atoms with Crippen LogP contribution in [-0.4, -0.2) is 4.98 Å². The predicted octanol–water partition coefficient (Wildman–Crippen LogP) is 8.98. The number of pyridine rings is 1. The van der Waals surface area contributed by atoms with Crippen LogP contribution in [0, 0.1) is 27.7 Å². The fourth-order valence-corrected chi connectivity index (χ4v) is 4.72. The number of nitrogens with zero attached hydrogens (tertiary/aromatic N) is 1. The van der Waals surface area contributed by atoms with Crippen LogP contribution in [-0.2, 0) is 0 Å². The van der Waals surface area contributed by atoms with E-state index in [1.165, 1.54) is 44.5 Å². The van der Waals surface area contributed by atoms with E-state index in [0.29, 0.717) is 0 Å². The largest absolute Gasteiger partial charge is 0.248 e. The molecule has 0 spiro atoms. The minimum absolute atomic E-state index is 0.987. The van der Waals surface area contributed by atoms with Gasteiger partial charge in [-0.1, -0.05) is 84.9 Å². The second-order valence-electron chi connectivity index (χ2n) is 9.07. The third-order valence-corrected chi connectivity index (χ3v) is 6.82. The van der Waals surface area contributed by atoms with Crippen molar-refractivity contribution in [2.75, 3.05) is 0 Å². The summed E-state index contributed by atoms with van der Waals surface area (Å²) in [6.45, 7) is 8.86. The molecule has 0 aliphatic rings. The molecule has 1 nitrogen and oxygen atoms in total. The van der Waals surface area contributed by atoms with Crippen molar-refractivity contribution in [3.63, 3.8) is 0 Å². The maximum Gasteiger partial charge on any atom is 0.0715 e. The first-order valence-electron chi connectivity index (χ1n) is 11.8. The molecule has 1 aromatic heterocycles. The molecule has 0 saturated carbocycles. The molecule has 0 amide bonds. The van der Waals surface area contributed by atoms with Crippen molar-refractivity contribution in [2.24, 2.45) is 0 Å². The topological polar surface area (TPSA) is 12.9 Å². The lowest BCUT2D eigenvalue weighted by Gasteiger charge is -2.17. The van der Waals surface area contributed by atoms with Crippen LogP contribution in [0.25, 0.3) is 44.8 Å². The Labute approximate surface area is 202 Å². The lowest BCUT2D eigenvalue weighted by atomic mass is 9.89. The van der Waals surface area contributed by atoms with E-state index < -0.39 is 0 Å². The Kier molecular flexibility index (Phi) is 5.86. The summed E-state index contributed by atoms with van der Waals surface area (Å²) in [5, 5.41) is 0. The van der Waals surface area contributed by atoms with Gasteiger partial charge in [-0.2, -0.15) is 0 Å². The van der Waals surface area contributed by atoms with Crippen molar-refractivity contribution in [3.8, 4) is 44.8 Å². The molecular formula is C33H29N. The van der Waals surface area contributed by atoms with E-state index in [-0.39, 0.29) is 0 Å². The molecule has 34 heavy (non-hydrogen) atoms. The Morgan fingerprint density at radius 1 is 0.412 bits per heavy atom. The molecule has 166 valence electrons. The molecular weight excluding hydrogens is 410 g/mol. The van der Waals surface area contributed by atoms with Gasteiger partial charge in [-0.05, 0) is 90.4 Å². The summed E-state index contributed by atoms with van der Waals surface area (Å²) in [5.41, 5.74) is 14.5. The van der Waals surface area contributed by atoms with E-state index in [0.717, 1.165) is 22.5 Å². The molecule has 0 unspecified atom stereocenters. The van der Waals surface area contributed by atoms with Crippen LogP contribution in [0.5, 0.6) is 0 Å². The van der Waals surface area contributed by atoms with E-state index in [4.69, 9.17) is 4.98 Å². The summed E-state index contributed by atoms with van der Waals surface area (Å²) in [4.78, 5) is 5.11. The Morgan fingerprint density at radius 2 is 0.912 bits per heavy atom. The lowest BCUT2D eigenvalue weighted by Crippen LogP contribution is -1.96. The minimum Gasteiger partial charge on any atom is -0.248 e. The molecule has 5 aromatic rings. The number of hydrogen-bond donors (Lipinski definition) is 0. The molecule has 1 heterocycles. The molecule has 0 radical (unpaired) electrons. The molecule has 0 saturated heterocycles. The summed E-state index contributed by atoms with van der Waals surface area (Å²) in [7, 11) is 0. The fraction of sp³-hybridized carbons (Fsp3) is 0.121. The highest BCUT2D eigenvalue weighted by molar-refractivity contribution is 5.80. The van der Waals surface area contributed by atoms with E-state index >= 15 is 0 Å². The zero-order valence-corrected chi connectivity index (χ0v) is 20.3. The van der Waals surface area contributed by atoms with E-state index in [2.05, 4.69) is 125 Å². The van der Waals surface area contributed by atoms with Gasteiger partial charge >= 0.3 is 0 Å². The van der Waals surface area contributed by atoms with Crippen LogP contribution >= 0.6 is 0 Å². The van der Waals surface area contributed by atoms with Gasteiger partial charge in [0.25, 0.3) is 0 Å². The fourth-order valence-electron chi connectivity index (χ4n) is 4.72. The van der Waals surface area contributed by atoms with Gasteiger partial charge in [-0.15, -0.1) is 0 Å². The molecule has 0 atom stereocenters. The normalized spacial score (nSPS) is 10.9. The average molecular weight is 440 g/mol. The first-order valence-corrected chi connectivity index (χ1v) is 11.8. The Morgan fingerprint density at radius 3 is 1.53 bits per heavy atom. The number of rotatable bonds is 4. The Balaban J connectivity index is 1.70. The van der Waals surface area contributed by atoms with Gasteiger partial charge in [0, 0.05) is 11.1 Å². The SMILES string of the molecule is Cc1cc(C)c(C)c(-c2cccc(-c3cc(-c4ccccc4)cc(-c4ccccc4)n3)c2)c1C. The molecule has 0 aliphatic carbocycles. The summed E-state index contributed by atoms with van der Waals surface area (Å²) in [6.07, 6.45) is 0. The lowest BCUT2D eigenvalue weighted by molar-refractivity contribution is 1.24.